The lowest BCUT2D eigenvalue weighted by Gasteiger charge is -2.20. The first-order valence-electron chi connectivity index (χ1n) is 7.92. The van der Waals surface area contributed by atoms with Crippen molar-refractivity contribution in [3.63, 3.8) is 0 Å². The van der Waals surface area contributed by atoms with Gasteiger partial charge in [0.1, 0.15) is 5.69 Å². The number of hydrogen-bond acceptors (Lipinski definition) is 6. The minimum Gasteiger partial charge on any atom is -0.462 e. The molecule has 0 saturated carbocycles. The van der Waals surface area contributed by atoms with Gasteiger partial charge in [-0.25, -0.2) is 4.98 Å². The average molecular weight is 356 g/mol. The van der Waals surface area contributed by atoms with Gasteiger partial charge in [0.2, 0.25) is 6.79 Å². The fraction of sp³-hybridized carbons (Fsp3) is 0.222. The minimum absolute atomic E-state index is 0.103. The van der Waals surface area contributed by atoms with Crippen LogP contribution in [0.2, 0.25) is 0 Å². The standard InChI is InChI=1S/C18H16N2O4S/c1-2-20(9-12-5-6-14-16(8-12)24-11-23-14)18(21)13-10-25-17(19-13)15-4-3-7-22-15/h3-8,10H,2,9,11H2,1H3. The number of carbonyl (C=O) groups excluding carboxylic acids is 1. The van der Waals surface area contributed by atoms with Crippen molar-refractivity contribution in [1.29, 1.82) is 0 Å². The van der Waals surface area contributed by atoms with E-state index >= 15 is 0 Å². The number of hydrogen-bond donors (Lipinski definition) is 0. The molecule has 128 valence electrons. The van der Waals surface area contributed by atoms with Gasteiger partial charge in [0.15, 0.2) is 22.3 Å². The van der Waals surface area contributed by atoms with E-state index in [1.54, 1.807) is 22.6 Å². The molecule has 25 heavy (non-hydrogen) atoms. The van der Waals surface area contributed by atoms with Crippen LogP contribution in [0.25, 0.3) is 10.8 Å². The van der Waals surface area contributed by atoms with Crippen molar-refractivity contribution in [2.75, 3.05) is 13.3 Å². The minimum atomic E-state index is -0.103. The van der Waals surface area contributed by atoms with Crippen LogP contribution in [-0.2, 0) is 6.54 Å². The maximum absolute atomic E-state index is 12.8. The molecule has 0 aliphatic carbocycles. The zero-order chi connectivity index (χ0) is 17.2. The smallest absolute Gasteiger partial charge is 0.273 e. The number of thiazole rings is 1. The second-order valence-electron chi connectivity index (χ2n) is 5.52. The van der Waals surface area contributed by atoms with E-state index in [2.05, 4.69) is 4.98 Å². The van der Waals surface area contributed by atoms with Crippen molar-refractivity contribution < 1.29 is 18.7 Å². The lowest BCUT2D eigenvalue weighted by Crippen LogP contribution is -2.30. The van der Waals surface area contributed by atoms with Crippen LogP contribution in [0.3, 0.4) is 0 Å². The summed E-state index contributed by atoms with van der Waals surface area (Å²) in [4.78, 5) is 18.9. The van der Waals surface area contributed by atoms with Gasteiger partial charge in [-0.05, 0) is 36.8 Å². The van der Waals surface area contributed by atoms with Crippen LogP contribution in [0, 0.1) is 0 Å². The zero-order valence-electron chi connectivity index (χ0n) is 13.6. The Morgan fingerprint density at radius 2 is 2.16 bits per heavy atom. The second-order valence-corrected chi connectivity index (χ2v) is 6.38. The van der Waals surface area contributed by atoms with Crippen molar-refractivity contribution in [2.45, 2.75) is 13.5 Å². The number of rotatable bonds is 5. The summed E-state index contributed by atoms with van der Waals surface area (Å²) in [6.07, 6.45) is 1.59. The molecule has 4 rings (SSSR count). The van der Waals surface area contributed by atoms with Crippen LogP contribution in [0.4, 0.5) is 0 Å². The van der Waals surface area contributed by atoms with Crippen LogP contribution >= 0.6 is 11.3 Å². The first-order chi connectivity index (χ1) is 12.2. The Bertz CT molecular complexity index is 888. The van der Waals surface area contributed by atoms with Crippen molar-refractivity contribution in [1.82, 2.24) is 9.88 Å². The third-order valence-electron chi connectivity index (χ3n) is 3.93. The molecule has 0 N–H and O–H groups in total. The number of aromatic nitrogens is 1. The van der Waals surface area contributed by atoms with Crippen LogP contribution in [0.15, 0.2) is 46.4 Å². The summed E-state index contributed by atoms with van der Waals surface area (Å²) in [6.45, 7) is 3.26. The molecule has 0 radical (unpaired) electrons. The molecule has 2 aromatic heterocycles. The highest BCUT2D eigenvalue weighted by Gasteiger charge is 2.20. The van der Waals surface area contributed by atoms with Crippen molar-refractivity contribution >= 4 is 17.2 Å². The van der Waals surface area contributed by atoms with E-state index in [-0.39, 0.29) is 12.7 Å². The monoisotopic (exact) mass is 356 g/mol. The average Bonchev–Trinajstić information content (AvgIpc) is 3.39. The predicted molar refractivity (Wildman–Crippen MR) is 92.8 cm³/mol. The van der Waals surface area contributed by atoms with Gasteiger partial charge in [0.25, 0.3) is 5.91 Å². The third-order valence-corrected chi connectivity index (χ3v) is 4.79. The first kappa shape index (κ1) is 15.7. The van der Waals surface area contributed by atoms with Gasteiger partial charge in [-0.3, -0.25) is 4.79 Å². The Balaban J connectivity index is 1.51. The third kappa shape index (κ3) is 3.10. The number of carbonyl (C=O) groups is 1. The SMILES string of the molecule is CCN(Cc1ccc2c(c1)OCO2)C(=O)c1csc(-c2ccco2)n1. The van der Waals surface area contributed by atoms with Gasteiger partial charge in [-0.1, -0.05) is 6.07 Å². The van der Waals surface area contributed by atoms with Crippen LogP contribution in [-0.4, -0.2) is 29.1 Å². The number of ether oxygens (including phenoxy) is 2. The lowest BCUT2D eigenvalue weighted by atomic mass is 10.2. The summed E-state index contributed by atoms with van der Waals surface area (Å²) in [7, 11) is 0. The summed E-state index contributed by atoms with van der Waals surface area (Å²) in [6, 6.07) is 9.35. The van der Waals surface area contributed by atoms with E-state index in [4.69, 9.17) is 13.9 Å². The number of amides is 1. The summed E-state index contributed by atoms with van der Waals surface area (Å²) in [5, 5.41) is 2.47. The maximum Gasteiger partial charge on any atom is 0.273 e. The normalized spacial score (nSPS) is 12.4. The van der Waals surface area contributed by atoms with Crippen molar-refractivity contribution in [2.24, 2.45) is 0 Å². The molecule has 0 atom stereocenters. The molecule has 0 bridgehead atoms. The highest BCUT2D eigenvalue weighted by Crippen LogP contribution is 2.33. The highest BCUT2D eigenvalue weighted by atomic mass is 32.1. The molecular formula is C18H16N2O4S. The van der Waals surface area contributed by atoms with E-state index < -0.39 is 0 Å². The number of nitrogens with zero attached hydrogens (tertiary/aromatic N) is 2. The molecule has 1 amide bonds. The largest absolute Gasteiger partial charge is 0.462 e. The Morgan fingerprint density at radius 1 is 1.28 bits per heavy atom. The fourth-order valence-electron chi connectivity index (χ4n) is 2.63. The first-order valence-corrected chi connectivity index (χ1v) is 8.80. The van der Waals surface area contributed by atoms with E-state index in [1.807, 2.05) is 31.2 Å². The van der Waals surface area contributed by atoms with Gasteiger partial charge in [-0.2, -0.15) is 0 Å². The maximum atomic E-state index is 12.8. The van der Waals surface area contributed by atoms with Crippen molar-refractivity contribution in [3.8, 4) is 22.3 Å². The van der Waals surface area contributed by atoms with Crippen molar-refractivity contribution in [3.05, 3.63) is 53.2 Å². The number of fused-ring (bicyclic) bond motifs is 1. The molecule has 1 aliphatic rings. The molecule has 0 saturated heterocycles. The van der Waals surface area contributed by atoms with Gasteiger partial charge >= 0.3 is 0 Å². The molecule has 7 heteroatoms. The second kappa shape index (κ2) is 6.60. The Kier molecular flexibility index (Phi) is 4.15. The summed E-state index contributed by atoms with van der Waals surface area (Å²) < 4.78 is 16.1. The molecule has 3 heterocycles. The van der Waals surface area contributed by atoms with E-state index in [1.165, 1.54) is 11.3 Å². The molecule has 0 fully saturated rings. The predicted octanol–water partition coefficient (Wildman–Crippen LogP) is 3.79. The van der Waals surface area contributed by atoms with Gasteiger partial charge < -0.3 is 18.8 Å². The van der Waals surface area contributed by atoms with Crippen LogP contribution < -0.4 is 9.47 Å². The van der Waals surface area contributed by atoms with Gasteiger partial charge in [0.05, 0.1) is 6.26 Å². The summed E-state index contributed by atoms with van der Waals surface area (Å²) in [5.41, 5.74) is 1.42. The molecule has 0 unspecified atom stereocenters. The van der Waals surface area contributed by atoms with Crippen LogP contribution in [0.1, 0.15) is 23.0 Å². The zero-order valence-corrected chi connectivity index (χ0v) is 14.4. The van der Waals surface area contributed by atoms with E-state index in [0.717, 1.165) is 17.1 Å². The quantitative estimate of drug-likeness (QED) is 0.696. The molecule has 3 aromatic rings. The lowest BCUT2D eigenvalue weighted by molar-refractivity contribution is 0.0747. The summed E-state index contributed by atoms with van der Waals surface area (Å²) in [5.74, 6) is 2.02. The Labute approximate surface area is 148 Å². The number of benzene rings is 1. The van der Waals surface area contributed by atoms with Gasteiger partial charge in [-0.15, -0.1) is 11.3 Å². The molecule has 1 aliphatic heterocycles. The van der Waals surface area contributed by atoms with E-state index in [9.17, 15) is 4.79 Å². The highest BCUT2D eigenvalue weighted by molar-refractivity contribution is 7.13. The Morgan fingerprint density at radius 3 is 2.96 bits per heavy atom. The molecule has 6 nitrogen and oxygen atoms in total. The topological polar surface area (TPSA) is 64.8 Å². The van der Waals surface area contributed by atoms with Crippen LogP contribution in [0.5, 0.6) is 11.5 Å². The molecule has 1 aromatic carbocycles. The number of furan rings is 1. The van der Waals surface area contributed by atoms with Gasteiger partial charge in [0, 0.05) is 18.5 Å². The van der Waals surface area contributed by atoms with E-state index in [0.29, 0.717) is 29.6 Å². The molecule has 0 spiro atoms. The fourth-order valence-corrected chi connectivity index (χ4v) is 3.39. The summed E-state index contributed by atoms with van der Waals surface area (Å²) >= 11 is 1.40. The Hall–Kier alpha value is -2.80. The molecular weight excluding hydrogens is 340 g/mol.